The second-order valence-corrected chi connectivity index (χ2v) is 2.26. The molecule has 0 aliphatic carbocycles. The summed E-state index contributed by atoms with van der Waals surface area (Å²) in [6.45, 7) is 3.63. The van der Waals surface area contributed by atoms with E-state index in [0.29, 0.717) is 6.41 Å². The fourth-order valence-corrected chi connectivity index (χ4v) is 0.742. The van der Waals surface area contributed by atoms with Gasteiger partial charge in [-0.2, -0.15) is 0 Å². The van der Waals surface area contributed by atoms with Gasteiger partial charge in [0.2, 0.25) is 6.41 Å². The molecule has 0 spiro atoms. The number of nitrogens with one attached hydrogen (secondary N) is 1. The molecule has 0 fully saturated rings. The normalized spacial score (nSPS) is 9.82. The minimum atomic E-state index is 0.667. The van der Waals surface area contributed by atoms with Crippen LogP contribution in [0.3, 0.4) is 0 Å². The van der Waals surface area contributed by atoms with Gasteiger partial charge >= 0.3 is 0 Å². The number of rotatable bonds is 7. The summed E-state index contributed by atoms with van der Waals surface area (Å²) in [7, 11) is 0. The summed E-state index contributed by atoms with van der Waals surface area (Å²) in [6.07, 6.45) is 10.6. The van der Waals surface area contributed by atoms with Gasteiger partial charge in [0.15, 0.2) is 0 Å². The molecule has 0 saturated carbocycles. The molecule has 0 radical (unpaired) electrons. The van der Waals surface area contributed by atoms with E-state index < -0.39 is 0 Å². The first-order valence-electron chi connectivity index (χ1n) is 3.87. The molecule has 2 heteroatoms. The molecule has 0 aliphatic rings. The van der Waals surface area contributed by atoms with Crippen molar-refractivity contribution in [2.75, 3.05) is 0 Å². The average Bonchev–Trinajstić information content (AvgIpc) is 2.03. The lowest BCUT2D eigenvalue weighted by Gasteiger charge is -1.91. The zero-order valence-corrected chi connectivity index (χ0v) is 6.75. The van der Waals surface area contributed by atoms with Crippen LogP contribution in [0.5, 0.6) is 0 Å². The first-order valence-corrected chi connectivity index (χ1v) is 3.87. The maximum absolute atomic E-state index is 9.76. The molecular weight excluding hydrogens is 138 g/mol. The Kier molecular flexibility index (Phi) is 8.10. The van der Waals surface area contributed by atoms with E-state index >= 15 is 0 Å². The number of unbranched alkanes of at least 4 members (excludes halogenated alkanes) is 3. The molecule has 0 heterocycles. The third-order valence-corrected chi connectivity index (χ3v) is 1.31. The zero-order chi connectivity index (χ0) is 8.36. The second kappa shape index (κ2) is 8.95. The van der Waals surface area contributed by atoms with Crippen LogP contribution in [0.25, 0.3) is 0 Å². The molecule has 0 aromatic rings. The number of amides is 1. The molecule has 0 aromatic carbocycles. The number of allylic oxidation sites excluding steroid dienone is 2. The summed E-state index contributed by atoms with van der Waals surface area (Å²) in [5, 5.41) is 2.46. The minimum absolute atomic E-state index is 0.667. The van der Waals surface area contributed by atoms with Gasteiger partial charge < -0.3 is 5.32 Å². The van der Waals surface area contributed by atoms with Crippen LogP contribution in [0.15, 0.2) is 24.9 Å². The van der Waals surface area contributed by atoms with Crippen molar-refractivity contribution in [2.24, 2.45) is 0 Å². The summed E-state index contributed by atoms with van der Waals surface area (Å²) >= 11 is 0. The highest BCUT2D eigenvalue weighted by Crippen LogP contribution is 1.99. The summed E-state index contributed by atoms with van der Waals surface area (Å²) in [6, 6.07) is 0. The van der Waals surface area contributed by atoms with Crippen molar-refractivity contribution in [3.63, 3.8) is 0 Å². The monoisotopic (exact) mass is 153 g/mol. The second-order valence-electron chi connectivity index (χ2n) is 2.26. The Labute approximate surface area is 68.0 Å². The largest absolute Gasteiger partial charge is 0.336 e. The quantitative estimate of drug-likeness (QED) is 0.338. The molecule has 0 saturated heterocycles. The standard InChI is InChI=1S/C9H15NO/c1-2-3-4-5-6-7-8-10-9-11/h2,7-9H,1,3-6H2,(H,10,11). The molecule has 0 atom stereocenters. The third kappa shape index (κ3) is 8.95. The Morgan fingerprint density at radius 3 is 2.64 bits per heavy atom. The molecule has 1 amide bonds. The fraction of sp³-hybridized carbons (Fsp3) is 0.444. The first kappa shape index (κ1) is 9.95. The zero-order valence-electron chi connectivity index (χ0n) is 6.75. The first-order chi connectivity index (χ1) is 5.41. The third-order valence-electron chi connectivity index (χ3n) is 1.31. The van der Waals surface area contributed by atoms with Gasteiger partial charge in [-0.25, -0.2) is 0 Å². The van der Waals surface area contributed by atoms with Crippen molar-refractivity contribution in [1.29, 1.82) is 0 Å². The van der Waals surface area contributed by atoms with Gasteiger partial charge in [0.1, 0.15) is 0 Å². The Morgan fingerprint density at radius 2 is 2.00 bits per heavy atom. The van der Waals surface area contributed by atoms with Gasteiger partial charge in [-0.1, -0.05) is 12.2 Å². The van der Waals surface area contributed by atoms with Gasteiger partial charge in [0.05, 0.1) is 0 Å². The van der Waals surface area contributed by atoms with Crippen LogP contribution in [-0.4, -0.2) is 6.41 Å². The molecule has 62 valence electrons. The summed E-state index contributed by atoms with van der Waals surface area (Å²) in [5.74, 6) is 0. The molecule has 0 unspecified atom stereocenters. The lowest BCUT2D eigenvalue weighted by atomic mass is 10.2. The number of hydrogen-bond donors (Lipinski definition) is 1. The Bertz CT molecular complexity index is 130. The molecular formula is C9H15NO. The van der Waals surface area contributed by atoms with E-state index in [2.05, 4.69) is 11.9 Å². The van der Waals surface area contributed by atoms with Gasteiger partial charge in [0.25, 0.3) is 0 Å². The van der Waals surface area contributed by atoms with E-state index in [9.17, 15) is 4.79 Å². The molecule has 0 aliphatic heterocycles. The van der Waals surface area contributed by atoms with Crippen molar-refractivity contribution in [1.82, 2.24) is 5.32 Å². The van der Waals surface area contributed by atoms with Crippen LogP contribution in [0.1, 0.15) is 25.7 Å². The van der Waals surface area contributed by atoms with E-state index in [1.165, 1.54) is 6.42 Å². The van der Waals surface area contributed by atoms with Gasteiger partial charge in [0, 0.05) is 0 Å². The number of hydrogen-bond acceptors (Lipinski definition) is 1. The molecule has 0 aromatic heterocycles. The van der Waals surface area contributed by atoms with Gasteiger partial charge in [-0.05, 0) is 31.9 Å². The van der Waals surface area contributed by atoms with Gasteiger partial charge in [-0.15, -0.1) is 6.58 Å². The Hall–Kier alpha value is -1.05. The highest BCUT2D eigenvalue weighted by atomic mass is 16.1. The average molecular weight is 153 g/mol. The summed E-state index contributed by atoms with van der Waals surface area (Å²) < 4.78 is 0. The topological polar surface area (TPSA) is 29.1 Å². The van der Waals surface area contributed by atoms with Crippen LogP contribution in [0, 0.1) is 0 Å². The van der Waals surface area contributed by atoms with E-state index in [1.54, 1.807) is 6.20 Å². The molecule has 2 nitrogen and oxygen atoms in total. The van der Waals surface area contributed by atoms with Crippen molar-refractivity contribution >= 4 is 6.41 Å². The highest BCUT2D eigenvalue weighted by Gasteiger charge is 1.81. The number of carbonyl (C=O) groups excluding carboxylic acids is 1. The molecule has 11 heavy (non-hydrogen) atoms. The van der Waals surface area contributed by atoms with E-state index in [0.717, 1.165) is 19.3 Å². The lowest BCUT2D eigenvalue weighted by Crippen LogP contribution is -1.97. The molecule has 0 bridgehead atoms. The van der Waals surface area contributed by atoms with Crippen LogP contribution in [0.2, 0.25) is 0 Å². The maximum atomic E-state index is 9.76. The van der Waals surface area contributed by atoms with Crippen LogP contribution < -0.4 is 5.32 Å². The summed E-state index contributed by atoms with van der Waals surface area (Å²) in [5.41, 5.74) is 0. The van der Waals surface area contributed by atoms with E-state index in [-0.39, 0.29) is 0 Å². The van der Waals surface area contributed by atoms with Crippen molar-refractivity contribution in [3.05, 3.63) is 24.9 Å². The number of carbonyl (C=O) groups is 1. The Balaban J connectivity index is 3.00. The van der Waals surface area contributed by atoms with Crippen molar-refractivity contribution < 1.29 is 4.79 Å². The predicted molar refractivity (Wildman–Crippen MR) is 47.0 cm³/mol. The highest BCUT2D eigenvalue weighted by molar-refractivity contribution is 5.47. The Morgan fingerprint density at radius 1 is 1.27 bits per heavy atom. The SMILES string of the molecule is C=CCCCCC=CNC=O. The fourth-order valence-electron chi connectivity index (χ4n) is 0.742. The molecule has 1 N–H and O–H groups in total. The van der Waals surface area contributed by atoms with E-state index in [4.69, 9.17) is 0 Å². The van der Waals surface area contributed by atoms with E-state index in [1.807, 2.05) is 12.2 Å². The van der Waals surface area contributed by atoms with Crippen LogP contribution in [-0.2, 0) is 4.79 Å². The van der Waals surface area contributed by atoms with Crippen molar-refractivity contribution in [2.45, 2.75) is 25.7 Å². The van der Waals surface area contributed by atoms with Crippen molar-refractivity contribution in [3.8, 4) is 0 Å². The smallest absolute Gasteiger partial charge is 0.211 e. The van der Waals surface area contributed by atoms with Gasteiger partial charge in [-0.3, -0.25) is 4.79 Å². The molecule has 0 rings (SSSR count). The summed E-state index contributed by atoms with van der Waals surface area (Å²) in [4.78, 5) is 9.76. The predicted octanol–water partition coefficient (Wildman–Crippen LogP) is 1.99. The maximum Gasteiger partial charge on any atom is 0.211 e. The lowest BCUT2D eigenvalue weighted by molar-refractivity contribution is -0.108. The van der Waals surface area contributed by atoms with Crippen LogP contribution >= 0.6 is 0 Å². The van der Waals surface area contributed by atoms with Crippen LogP contribution in [0.4, 0.5) is 0 Å². The minimum Gasteiger partial charge on any atom is -0.336 e.